The highest BCUT2D eigenvalue weighted by atomic mass is 32.2. The summed E-state index contributed by atoms with van der Waals surface area (Å²) in [4.78, 5) is 17.7. The largest absolute Gasteiger partial charge is 0.355 e. The highest BCUT2D eigenvalue weighted by Gasteiger charge is 2.08. The molecule has 0 aliphatic rings. The fourth-order valence-corrected chi connectivity index (χ4v) is 3.95. The Kier molecular flexibility index (Phi) is 7.06. The van der Waals surface area contributed by atoms with Gasteiger partial charge in [0.15, 0.2) is 0 Å². The molecule has 0 bridgehead atoms. The zero-order chi connectivity index (χ0) is 19.1. The predicted octanol–water partition coefficient (Wildman–Crippen LogP) is 4.03. The number of nitrogens with zero attached hydrogens (tertiary/aromatic N) is 2. The van der Waals surface area contributed by atoms with Crippen LogP contribution >= 0.6 is 23.1 Å². The van der Waals surface area contributed by atoms with E-state index < -0.39 is 0 Å². The average molecular weight is 401 g/mol. The number of thiophene rings is 1. The monoisotopic (exact) mass is 400 g/mol. The van der Waals surface area contributed by atoms with Crippen LogP contribution in [0.1, 0.15) is 41.6 Å². The van der Waals surface area contributed by atoms with Crippen molar-refractivity contribution in [2.45, 2.75) is 37.8 Å². The molecule has 0 saturated carbocycles. The van der Waals surface area contributed by atoms with Crippen molar-refractivity contribution in [1.82, 2.24) is 20.5 Å². The van der Waals surface area contributed by atoms with Crippen molar-refractivity contribution in [2.24, 2.45) is 0 Å². The minimum absolute atomic E-state index is 0.00315. The number of nitrogens with one attached hydrogen (secondary N) is 2. The lowest BCUT2D eigenvalue weighted by Gasteiger charge is -2.07. The second-order valence-electron chi connectivity index (χ2n) is 6.61. The van der Waals surface area contributed by atoms with Gasteiger partial charge in [-0.25, -0.2) is 4.98 Å². The molecule has 7 heteroatoms. The summed E-state index contributed by atoms with van der Waals surface area (Å²) in [6.07, 6.45) is 1.58. The van der Waals surface area contributed by atoms with E-state index >= 15 is 0 Å². The van der Waals surface area contributed by atoms with E-state index in [1.54, 1.807) is 11.3 Å². The normalized spacial score (nSPS) is 11.1. The molecule has 1 aromatic carbocycles. The van der Waals surface area contributed by atoms with Crippen molar-refractivity contribution in [2.75, 3.05) is 12.3 Å². The van der Waals surface area contributed by atoms with Gasteiger partial charge in [0.2, 0.25) is 11.1 Å². The molecular weight excluding hydrogens is 376 g/mol. The molecule has 0 aliphatic carbocycles. The van der Waals surface area contributed by atoms with E-state index in [9.17, 15) is 4.79 Å². The number of carbonyl (C=O) groups excluding carboxylic acids is 1. The van der Waals surface area contributed by atoms with Gasteiger partial charge in [-0.3, -0.25) is 9.89 Å². The molecule has 0 atom stereocenters. The van der Waals surface area contributed by atoms with Crippen LogP contribution in [0.2, 0.25) is 0 Å². The van der Waals surface area contributed by atoms with E-state index in [2.05, 4.69) is 64.7 Å². The van der Waals surface area contributed by atoms with Crippen LogP contribution in [0.5, 0.6) is 0 Å². The molecule has 2 N–H and O–H groups in total. The van der Waals surface area contributed by atoms with Gasteiger partial charge in [0.1, 0.15) is 5.82 Å². The Morgan fingerprint density at radius 3 is 2.78 bits per heavy atom. The number of amides is 1. The van der Waals surface area contributed by atoms with Crippen LogP contribution < -0.4 is 5.32 Å². The van der Waals surface area contributed by atoms with Gasteiger partial charge in [0.05, 0.1) is 5.75 Å². The summed E-state index contributed by atoms with van der Waals surface area (Å²) in [5, 5.41) is 12.7. The molecule has 2 aromatic heterocycles. The lowest BCUT2D eigenvalue weighted by Crippen LogP contribution is -2.27. The Labute approximate surface area is 168 Å². The van der Waals surface area contributed by atoms with Gasteiger partial charge in [-0.2, -0.15) is 0 Å². The van der Waals surface area contributed by atoms with E-state index in [1.165, 1.54) is 27.8 Å². The number of H-pyrrole nitrogens is 1. The van der Waals surface area contributed by atoms with Crippen LogP contribution in [0.4, 0.5) is 0 Å². The van der Waals surface area contributed by atoms with Crippen molar-refractivity contribution in [1.29, 1.82) is 0 Å². The summed E-state index contributed by atoms with van der Waals surface area (Å²) in [5.74, 6) is 1.69. The molecule has 142 valence electrons. The summed E-state index contributed by atoms with van der Waals surface area (Å²) in [6, 6.07) is 12.7. The van der Waals surface area contributed by atoms with Crippen LogP contribution in [-0.2, 0) is 17.6 Å². The number of thioether (sulfide) groups is 1. The maximum Gasteiger partial charge on any atom is 0.230 e. The first-order valence-corrected chi connectivity index (χ1v) is 10.9. The molecule has 5 nitrogen and oxygen atoms in total. The van der Waals surface area contributed by atoms with Crippen LogP contribution in [-0.4, -0.2) is 33.4 Å². The number of hydrogen-bond donors (Lipinski definition) is 2. The number of aromatic nitrogens is 3. The third-order valence-electron chi connectivity index (χ3n) is 4.15. The van der Waals surface area contributed by atoms with E-state index in [0.29, 0.717) is 23.4 Å². The van der Waals surface area contributed by atoms with Gasteiger partial charge in [-0.15, -0.1) is 16.4 Å². The zero-order valence-electron chi connectivity index (χ0n) is 15.6. The van der Waals surface area contributed by atoms with Crippen molar-refractivity contribution < 1.29 is 4.79 Å². The van der Waals surface area contributed by atoms with Crippen molar-refractivity contribution in [3.05, 3.63) is 63.6 Å². The highest BCUT2D eigenvalue weighted by Crippen LogP contribution is 2.16. The number of aromatic amines is 1. The van der Waals surface area contributed by atoms with Crippen molar-refractivity contribution >= 4 is 29.0 Å². The molecule has 0 spiro atoms. The summed E-state index contributed by atoms with van der Waals surface area (Å²) in [5.41, 5.74) is 2.57. The molecule has 0 unspecified atom stereocenters. The van der Waals surface area contributed by atoms with Crippen LogP contribution in [0.25, 0.3) is 0 Å². The van der Waals surface area contributed by atoms with Gasteiger partial charge < -0.3 is 5.32 Å². The fourth-order valence-electron chi connectivity index (χ4n) is 2.60. The first-order valence-electron chi connectivity index (χ1n) is 9.02. The lowest BCUT2D eigenvalue weighted by atomic mass is 10.0. The molecular formula is C20H24N4OS2. The summed E-state index contributed by atoms with van der Waals surface area (Å²) in [7, 11) is 0. The maximum atomic E-state index is 12.0. The number of benzene rings is 1. The zero-order valence-corrected chi connectivity index (χ0v) is 17.2. The summed E-state index contributed by atoms with van der Waals surface area (Å²) in [6.45, 7) is 5.01. The third kappa shape index (κ3) is 6.22. The Balaban J connectivity index is 1.36. The molecule has 3 aromatic rings. The highest BCUT2D eigenvalue weighted by molar-refractivity contribution is 7.99. The van der Waals surface area contributed by atoms with Crippen LogP contribution in [0.15, 0.2) is 46.9 Å². The van der Waals surface area contributed by atoms with Crippen molar-refractivity contribution in [3.63, 3.8) is 0 Å². The standard InChI is InChI=1S/C20H24N4OS2/c1-14(2)16-7-5-15(6-8-16)9-10-21-19(25)13-27-20-22-18(23-24-20)12-17-4-3-11-26-17/h3-8,11,14H,9-10,12-13H2,1-2H3,(H,21,25)(H,22,23,24). The molecule has 0 aliphatic heterocycles. The number of hydrogen-bond acceptors (Lipinski definition) is 5. The molecule has 0 fully saturated rings. The molecule has 0 radical (unpaired) electrons. The Bertz CT molecular complexity index is 841. The van der Waals surface area contributed by atoms with Gasteiger partial charge in [-0.05, 0) is 34.9 Å². The smallest absolute Gasteiger partial charge is 0.230 e. The topological polar surface area (TPSA) is 70.7 Å². The first kappa shape index (κ1) is 19.6. The average Bonchev–Trinajstić information content (AvgIpc) is 3.33. The second-order valence-corrected chi connectivity index (χ2v) is 8.58. The Morgan fingerprint density at radius 1 is 1.26 bits per heavy atom. The Morgan fingerprint density at radius 2 is 2.07 bits per heavy atom. The summed E-state index contributed by atoms with van der Waals surface area (Å²) >= 11 is 3.05. The Hall–Kier alpha value is -2.12. The summed E-state index contributed by atoms with van der Waals surface area (Å²) < 4.78 is 0. The quantitative estimate of drug-likeness (QED) is 0.532. The maximum absolute atomic E-state index is 12.0. The molecule has 0 saturated heterocycles. The van der Waals surface area contributed by atoms with E-state index in [4.69, 9.17) is 0 Å². The van der Waals surface area contributed by atoms with E-state index in [1.807, 2.05) is 11.4 Å². The molecule has 1 amide bonds. The fraction of sp³-hybridized carbons (Fsp3) is 0.350. The first-order chi connectivity index (χ1) is 13.1. The van der Waals surface area contributed by atoms with Crippen LogP contribution in [0.3, 0.4) is 0 Å². The molecule has 3 rings (SSSR count). The third-order valence-corrected chi connectivity index (χ3v) is 5.87. The van der Waals surface area contributed by atoms with Gasteiger partial charge in [0, 0.05) is 17.8 Å². The molecule has 27 heavy (non-hydrogen) atoms. The SMILES string of the molecule is CC(C)c1ccc(CCNC(=O)CSc2n[nH]c(Cc3cccs3)n2)cc1. The molecule has 2 heterocycles. The number of carbonyl (C=O) groups is 1. The number of rotatable bonds is 9. The van der Waals surface area contributed by atoms with Gasteiger partial charge in [0.25, 0.3) is 0 Å². The minimum atomic E-state index is 0.00315. The minimum Gasteiger partial charge on any atom is -0.355 e. The van der Waals surface area contributed by atoms with E-state index in [-0.39, 0.29) is 5.91 Å². The van der Waals surface area contributed by atoms with Crippen molar-refractivity contribution in [3.8, 4) is 0 Å². The lowest BCUT2D eigenvalue weighted by molar-refractivity contribution is -0.118. The van der Waals surface area contributed by atoms with Gasteiger partial charge >= 0.3 is 0 Å². The van der Waals surface area contributed by atoms with Gasteiger partial charge in [-0.1, -0.05) is 55.9 Å². The second kappa shape index (κ2) is 9.71. The predicted molar refractivity (Wildman–Crippen MR) is 111 cm³/mol. The van der Waals surface area contributed by atoms with E-state index in [0.717, 1.165) is 18.7 Å². The van der Waals surface area contributed by atoms with Crippen LogP contribution in [0, 0.1) is 0 Å².